The lowest BCUT2D eigenvalue weighted by atomic mass is 10.1. The molecule has 0 aromatic heterocycles. The highest BCUT2D eigenvalue weighted by molar-refractivity contribution is 7.96. The number of carbonyl (C=O) groups is 2. The van der Waals surface area contributed by atoms with Crippen molar-refractivity contribution in [3.63, 3.8) is 0 Å². The smallest absolute Gasteiger partial charge is 0.353 e. The molecule has 0 fully saturated rings. The molecule has 0 bridgehead atoms. The maximum atomic E-state index is 14.3. The summed E-state index contributed by atoms with van der Waals surface area (Å²) in [7, 11) is 2.53. The van der Waals surface area contributed by atoms with E-state index < -0.39 is 20.7 Å². The fraction of sp³-hybridized carbons (Fsp3) is 0.486. The molecular formula is C37H50N6O7S. The second-order valence-corrected chi connectivity index (χ2v) is 14.2. The van der Waals surface area contributed by atoms with Gasteiger partial charge in [0.2, 0.25) is 9.84 Å². The molecule has 2 aromatic carbocycles. The summed E-state index contributed by atoms with van der Waals surface area (Å²) in [4.78, 5) is 35.2. The Morgan fingerprint density at radius 1 is 0.765 bits per heavy atom. The van der Waals surface area contributed by atoms with Gasteiger partial charge in [0.1, 0.15) is 34.4 Å². The highest BCUT2D eigenvalue weighted by atomic mass is 32.2. The lowest BCUT2D eigenvalue weighted by Crippen LogP contribution is -2.31. The van der Waals surface area contributed by atoms with Gasteiger partial charge in [-0.25, -0.2) is 13.2 Å². The Hall–Kier alpha value is -4.90. The third kappa shape index (κ3) is 7.58. The van der Waals surface area contributed by atoms with Gasteiger partial charge >= 0.3 is 5.97 Å². The van der Waals surface area contributed by atoms with E-state index in [-0.39, 0.29) is 23.1 Å². The summed E-state index contributed by atoms with van der Waals surface area (Å²) in [5.74, 6) is 0.338. The number of rotatable bonds is 18. The molecule has 1 amide bonds. The number of fused-ring (bicyclic) bond motifs is 2. The standard InChI is InChI=1S/C37H50N6O7S/c1-9-12-14-19-23-49-31-27-28(41(6)35(40(27)5)33(37(45)48-11-3)51(46,47)26-21-17-16-18-22-26)32(50-24-20-15-13-10-2)30-29(31)42(7)36(43(30)8)34(38-4)39-25-44/h16-18,21-22,25H,9-15,19-20,23-24H2,1-3,5-8H3,(H,39,44). The molecule has 4 rings (SSSR count). The molecule has 276 valence electrons. The number of amides is 1. The second-order valence-electron chi connectivity index (χ2n) is 12.3. The highest BCUT2D eigenvalue weighted by Crippen LogP contribution is 2.64. The van der Waals surface area contributed by atoms with E-state index in [1.165, 1.54) is 12.1 Å². The number of nitrogens with one attached hydrogen (secondary N) is 1. The minimum Gasteiger partial charge on any atom is -0.489 e. The third-order valence-electron chi connectivity index (χ3n) is 8.92. The first kappa shape index (κ1) is 38.9. The van der Waals surface area contributed by atoms with Crippen molar-refractivity contribution in [3.8, 4) is 11.5 Å². The summed E-state index contributed by atoms with van der Waals surface area (Å²) in [5, 5.41) is 2.53. The van der Waals surface area contributed by atoms with Gasteiger partial charge in [0, 0.05) is 28.2 Å². The first-order valence-corrected chi connectivity index (χ1v) is 19.0. The average Bonchev–Trinajstić information content (AvgIpc) is 3.52. The Morgan fingerprint density at radius 3 is 1.65 bits per heavy atom. The van der Waals surface area contributed by atoms with E-state index in [1.807, 2.05) is 0 Å². The van der Waals surface area contributed by atoms with Crippen molar-refractivity contribution in [3.05, 3.63) is 64.1 Å². The number of benzene rings is 2. The van der Waals surface area contributed by atoms with Gasteiger partial charge in [-0.2, -0.15) is 0 Å². The molecule has 0 aliphatic carbocycles. The molecule has 1 N–H and O–H groups in total. The predicted octanol–water partition coefficient (Wildman–Crippen LogP) is 6.37. The van der Waals surface area contributed by atoms with E-state index in [9.17, 15) is 18.0 Å². The van der Waals surface area contributed by atoms with E-state index in [2.05, 4.69) is 24.0 Å². The molecule has 2 heterocycles. The SMILES string of the molecule is [C-]#[N+]C(NC=O)=C1N(C)c2c(OCCCCCC)c3c(c(OCCCCCC)c2N1C)N(C)C(=C(C(=O)OCC)S(=O)(=O)c1ccccc1)N3C. The van der Waals surface area contributed by atoms with Crippen LogP contribution in [0.5, 0.6) is 11.5 Å². The van der Waals surface area contributed by atoms with Crippen molar-refractivity contribution in [2.45, 2.75) is 77.0 Å². The lowest BCUT2D eigenvalue weighted by Gasteiger charge is -2.24. The highest BCUT2D eigenvalue weighted by Gasteiger charge is 2.47. The predicted molar refractivity (Wildman–Crippen MR) is 199 cm³/mol. The van der Waals surface area contributed by atoms with Gasteiger partial charge in [0.15, 0.2) is 16.4 Å². The molecule has 51 heavy (non-hydrogen) atoms. The van der Waals surface area contributed by atoms with Crippen molar-refractivity contribution in [1.82, 2.24) is 5.32 Å². The van der Waals surface area contributed by atoms with Crippen LogP contribution in [0.25, 0.3) is 4.85 Å². The lowest BCUT2D eigenvalue weighted by molar-refractivity contribution is -0.137. The number of ether oxygens (including phenoxy) is 3. The van der Waals surface area contributed by atoms with E-state index in [4.69, 9.17) is 20.8 Å². The van der Waals surface area contributed by atoms with E-state index >= 15 is 0 Å². The summed E-state index contributed by atoms with van der Waals surface area (Å²) in [5.41, 5.74) is 2.13. The number of esters is 1. The summed E-state index contributed by atoms with van der Waals surface area (Å²) in [6, 6.07) is 7.80. The van der Waals surface area contributed by atoms with Crippen molar-refractivity contribution < 1.29 is 32.2 Å². The van der Waals surface area contributed by atoms with E-state index in [0.717, 1.165) is 51.4 Å². The van der Waals surface area contributed by atoms with Crippen molar-refractivity contribution in [2.75, 3.05) is 67.6 Å². The van der Waals surface area contributed by atoms with E-state index in [1.54, 1.807) is 72.9 Å². The number of carbonyl (C=O) groups excluding carboxylic acids is 2. The number of sulfone groups is 1. The molecule has 0 radical (unpaired) electrons. The van der Waals surface area contributed by atoms with Gasteiger partial charge in [-0.3, -0.25) is 10.1 Å². The summed E-state index contributed by atoms with van der Waals surface area (Å²) in [6.07, 6.45) is 8.10. The molecule has 0 atom stereocenters. The molecular weight excluding hydrogens is 673 g/mol. The van der Waals surface area contributed by atoms with Crippen LogP contribution >= 0.6 is 0 Å². The van der Waals surface area contributed by atoms with Crippen LogP contribution < -0.4 is 34.4 Å². The number of unbranched alkanes of at least 4 members (excludes halogenated alkanes) is 6. The van der Waals surface area contributed by atoms with Crippen molar-refractivity contribution in [1.29, 1.82) is 0 Å². The Bertz CT molecular complexity index is 1740. The third-order valence-corrected chi connectivity index (χ3v) is 10.7. The van der Waals surface area contributed by atoms with Crippen LogP contribution in [-0.2, 0) is 24.2 Å². The molecule has 0 saturated heterocycles. The van der Waals surface area contributed by atoms with Gasteiger partial charge < -0.3 is 38.7 Å². The quantitative estimate of drug-likeness (QED) is 0.0607. The fourth-order valence-electron chi connectivity index (χ4n) is 6.51. The second kappa shape index (κ2) is 17.4. The van der Waals surface area contributed by atoms with Crippen LogP contribution in [0.1, 0.15) is 72.1 Å². The molecule has 2 aromatic rings. The number of nitrogens with zero attached hydrogens (tertiary/aromatic N) is 5. The van der Waals surface area contributed by atoms with Gasteiger partial charge in [-0.05, 0) is 31.9 Å². The van der Waals surface area contributed by atoms with Gasteiger partial charge in [0.05, 0.1) is 24.7 Å². The van der Waals surface area contributed by atoms with Crippen LogP contribution in [0.2, 0.25) is 0 Å². The molecule has 14 heteroatoms. The number of anilines is 4. The zero-order chi connectivity index (χ0) is 37.3. The first-order chi connectivity index (χ1) is 24.5. The van der Waals surface area contributed by atoms with Crippen molar-refractivity contribution >= 4 is 45.0 Å². The number of hydrogen-bond acceptors (Lipinski definition) is 11. The van der Waals surface area contributed by atoms with Crippen LogP contribution in [0.15, 0.2) is 57.6 Å². The summed E-state index contributed by atoms with van der Waals surface area (Å²) in [6.45, 7) is 14.4. The monoisotopic (exact) mass is 722 g/mol. The van der Waals surface area contributed by atoms with Crippen molar-refractivity contribution in [2.24, 2.45) is 0 Å². The van der Waals surface area contributed by atoms with Crippen LogP contribution in [0, 0.1) is 6.57 Å². The van der Waals surface area contributed by atoms with Gasteiger partial charge in [-0.1, -0.05) is 77.1 Å². The minimum absolute atomic E-state index is 0.00926. The Morgan fingerprint density at radius 2 is 1.24 bits per heavy atom. The maximum absolute atomic E-state index is 14.3. The molecule has 2 aliphatic heterocycles. The Labute approximate surface area is 302 Å². The molecule has 13 nitrogen and oxygen atoms in total. The zero-order valence-electron chi connectivity index (χ0n) is 30.7. The summed E-state index contributed by atoms with van der Waals surface area (Å²) < 4.78 is 47.4. The van der Waals surface area contributed by atoms with Gasteiger partial charge in [0.25, 0.3) is 12.2 Å². The van der Waals surface area contributed by atoms with Crippen LogP contribution in [-0.4, -0.2) is 68.8 Å². The maximum Gasteiger partial charge on any atom is 0.353 e. The minimum atomic E-state index is -4.40. The van der Waals surface area contributed by atoms with Crippen LogP contribution in [0.3, 0.4) is 0 Å². The average molecular weight is 723 g/mol. The normalized spacial score (nSPS) is 13.5. The molecule has 2 aliphatic rings. The zero-order valence-corrected chi connectivity index (χ0v) is 31.6. The molecule has 0 saturated carbocycles. The molecule has 0 unspecified atom stereocenters. The topological polar surface area (TPSA) is 125 Å². The van der Waals surface area contributed by atoms with Gasteiger partial charge in [-0.15, -0.1) is 0 Å². The fourth-order valence-corrected chi connectivity index (χ4v) is 8.06. The van der Waals surface area contributed by atoms with Crippen LogP contribution in [0.4, 0.5) is 22.7 Å². The molecule has 0 spiro atoms. The first-order valence-electron chi connectivity index (χ1n) is 17.5. The largest absolute Gasteiger partial charge is 0.489 e. The summed E-state index contributed by atoms with van der Waals surface area (Å²) >= 11 is 0. The van der Waals surface area contributed by atoms with E-state index in [0.29, 0.717) is 59.7 Å². The Balaban J connectivity index is 2.08. The Kier molecular flexibility index (Phi) is 13.2. The number of hydrogen-bond donors (Lipinski definition) is 1.